The van der Waals surface area contributed by atoms with Gasteiger partial charge in [0.25, 0.3) is 0 Å². The van der Waals surface area contributed by atoms with Gasteiger partial charge in [-0.2, -0.15) is 0 Å². The summed E-state index contributed by atoms with van der Waals surface area (Å²) in [7, 11) is 3.49. The second kappa shape index (κ2) is 4.28. The highest BCUT2D eigenvalue weighted by Crippen LogP contribution is 2.42. The van der Waals surface area contributed by atoms with Crippen molar-refractivity contribution in [3.63, 3.8) is 0 Å². The minimum Gasteiger partial charge on any atom is -0.381 e. The molecule has 4 nitrogen and oxygen atoms in total. The highest BCUT2D eigenvalue weighted by atomic mass is 16.5. The highest BCUT2D eigenvalue weighted by molar-refractivity contribution is 5.78. The van der Waals surface area contributed by atoms with E-state index in [1.807, 2.05) is 0 Å². The number of nitrogens with one attached hydrogen (secondary N) is 2. The van der Waals surface area contributed by atoms with Gasteiger partial charge in [-0.15, -0.1) is 0 Å². The normalized spacial score (nSPS) is 29.4. The van der Waals surface area contributed by atoms with Crippen molar-refractivity contribution in [2.45, 2.75) is 32.4 Å². The Morgan fingerprint density at radius 2 is 2.21 bits per heavy atom. The summed E-state index contributed by atoms with van der Waals surface area (Å²) >= 11 is 0. The smallest absolute Gasteiger partial charge is 0.234 e. The fraction of sp³-hybridized carbons (Fsp3) is 0.900. The van der Waals surface area contributed by atoms with E-state index in [1.165, 1.54) is 0 Å². The lowest BCUT2D eigenvalue weighted by Crippen LogP contribution is -2.62. The lowest BCUT2D eigenvalue weighted by Gasteiger charge is -2.51. The number of hydrogen-bond acceptors (Lipinski definition) is 3. The number of methoxy groups -OCH3 is 1. The van der Waals surface area contributed by atoms with Crippen molar-refractivity contribution in [1.82, 2.24) is 10.6 Å². The van der Waals surface area contributed by atoms with E-state index in [0.29, 0.717) is 6.54 Å². The maximum atomic E-state index is 11.3. The Morgan fingerprint density at radius 1 is 1.57 bits per heavy atom. The summed E-state index contributed by atoms with van der Waals surface area (Å²) in [5.74, 6) is 0.0557. The Balaban J connectivity index is 2.39. The lowest BCUT2D eigenvalue weighted by atomic mass is 9.64. The standard InChI is InChI=1S/C10H20N2O2/c1-10(2)7(5-8(10)14-4)12-9(13)6-11-3/h7-8,11H,5-6H2,1-4H3,(H,12,13). The van der Waals surface area contributed by atoms with Gasteiger partial charge in [0.1, 0.15) is 0 Å². The van der Waals surface area contributed by atoms with Gasteiger partial charge >= 0.3 is 0 Å². The third kappa shape index (κ3) is 2.07. The summed E-state index contributed by atoms with van der Waals surface area (Å²) in [5.41, 5.74) is 0.0537. The molecule has 2 unspecified atom stereocenters. The average Bonchev–Trinajstić information content (AvgIpc) is 2.12. The molecule has 1 fully saturated rings. The molecule has 14 heavy (non-hydrogen) atoms. The molecule has 0 saturated heterocycles. The van der Waals surface area contributed by atoms with Crippen molar-refractivity contribution < 1.29 is 9.53 Å². The number of carbonyl (C=O) groups excluding carboxylic acids is 1. The third-order valence-corrected chi connectivity index (χ3v) is 3.13. The van der Waals surface area contributed by atoms with Crippen LogP contribution in [0.5, 0.6) is 0 Å². The van der Waals surface area contributed by atoms with E-state index >= 15 is 0 Å². The highest BCUT2D eigenvalue weighted by Gasteiger charge is 2.49. The second-order valence-electron chi connectivity index (χ2n) is 4.43. The van der Waals surface area contributed by atoms with Crippen LogP contribution in [0.25, 0.3) is 0 Å². The minimum atomic E-state index is 0.0537. The molecule has 0 radical (unpaired) electrons. The zero-order valence-electron chi connectivity index (χ0n) is 9.39. The first-order valence-electron chi connectivity index (χ1n) is 4.99. The largest absolute Gasteiger partial charge is 0.381 e. The van der Waals surface area contributed by atoms with Crippen LogP contribution < -0.4 is 10.6 Å². The van der Waals surface area contributed by atoms with Gasteiger partial charge in [-0.05, 0) is 13.5 Å². The number of likely N-dealkylation sites (N-methyl/N-ethyl adjacent to an activating group) is 1. The molecule has 1 rings (SSSR count). The maximum absolute atomic E-state index is 11.3. The van der Waals surface area contributed by atoms with Crippen molar-refractivity contribution in [2.24, 2.45) is 5.41 Å². The van der Waals surface area contributed by atoms with Gasteiger partial charge in [0.2, 0.25) is 5.91 Å². The fourth-order valence-electron chi connectivity index (χ4n) is 1.94. The zero-order chi connectivity index (χ0) is 10.8. The molecule has 82 valence electrons. The zero-order valence-corrected chi connectivity index (χ0v) is 9.39. The SMILES string of the molecule is CNCC(=O)NC1CC(OC)C1(C)C. The van der Waals surface area contributed by atoms with Crippen molar-refractivity contribution >= 4 is 5.91 Å². The van der Waals surface area contributed by atoms with Crippen molar-refractivity contribution in [3.05, 3.63) is 0 Å². The Kier molecular flexibility index (Phi) is 3.50. The molecule has 0 heterocycles. The summed E-state index contributed by atoms with van der Waals surface area (Å²) in [6.45, 7) is 4.62. The predicted octanol–water partition coefficient (Wildman–Crippen LogP) is 0.135. The predicted molar refractivity (Wildman–Crippen MR) is 55.1 cm³/mol. The molecule has 0 spiro atoms. The van der Waals surface area contributed by atoms with E-state index in [1.54, 1.807) is 14.2 Å². The van der Waals surface area contributed by atoms with Crippen LogP contribution in [0.4, 0.5) is 0 Å². The molecule has 1 saturated carbocycles. The second-order valence-corrected chi connectivity index (χ2v) is 4.43. The summed E-state index contributed by atoms with van der Waals surface area (Å²) in [4.78, 5) is 11.3. The van der Waals surface area contributed by atoms with Crippen LogP contribution in [0.1, 0.15) is 20.3 Å². The Morgan fingerprint density at radius 3 is 2.64 bits per heavy atom. The molecule has 1 aliphatic carbocycles. The Bertz CT molecular complexity index is 216. The molecule has 0 aliphatic heterocycles. The first-order valence-corrected chi connectivity index (χ1v) is 4.99. The summed E-state index contributed by atoms with van der Waals surface area (Å²) in [6.07, 6.45) is 1.18. The molecule has 1 aliphatic rings. The summed E-state index contributed by atoms with van der Waals surface area (Å²) < 4.78 is 5.31. The van der Waals surface area contributed by atoms with Gasteiger partial charge in [0.05, 0.1) is 12.6 Å². The van der Waals surface area contributed by atoms with Crippen LogP contribution in [0.15, 0.2) is 0 Å². The lowest BCUT2D eigenvalue weighted by molar-refractivity contribution is -0.131. The first kappa shape index (κ1) is 11.5. The number of carbonyl (C=O) groups is 1. The van der Waals surface area contributed by atoms with Gasteiger partial charge in [-0.1, -0.05) is 13.8 Å². The molecule has 2 N–H and O–H groups in total. The maximum Gasteiger partial charge on any atom is 0.234 e. The van der Waals surface area contributed by atoms with E-state index in [-0.39, 0.29) is 23.5 Å². The van der Waals surface area contributed by atoms with Gasteiger partial charge in [0.15, 0.2) is 0 Å². The van der Waals surface area contributed by atoms with Crippen LogP contribution in [0.2, 0.25) is 0 Å². The molecule has 0 bridgehead atoms. The van der Waals surface area contributed by atoms with Gasteiger partial charge in [-0.3, -0.25) is 4.79 Å². The van der Waals surface area contributed by atoms with E-state index in [0.717, 1.165) is 6.42 Å². The molecular weight excluding hydrogens is 180 g/mol. The summed E-state index contributed by atoms with van der Waals surface area (Å²) in [6, 6.07) is 0.244. The van der Waals surface area contributed by atoms with Gasteiger partial charge in [0, 0.05) is 18.6 Å². The van der Waals surface area contributed by atoms with E-state index in [4.69, 9.17) is 4.74 Å². The number of ether oxygens (including phenoxy) is 1. The van der Waals surface area contributed by atoms with E-state index in [9.17, 15) is 4.79 Å². The Labute approximate surface area is 85.4 Å². The van der Waals surface area contributed by atoms with Crippen molar-refractivity contribution in [1.29, 1.82) is 0 Å². The molecule has 4 heteroatoms. The van der Waals surface area contributed by atoms with Crippen LogP contribution in [-0.2, 0) is 9.53 Å². The van der Waals surface area contributed by atoms with Crippen molar-refractivity contribution in [3.8, 4) is 0 Å². The average molecular weight is 200 g/mol. The fourth-order valence-corrected chi connectivity index (χ4v) is 1.94. The number of rotatable bonds is 4. The third-order valence-electron chi connectivity index (χ3n) is 3.13. The molecule has 1 amide bonds. The Hall–Kier alpha value is -0.610. The number of hydrogen-bond donors (Lipinski definition) is 2. The molecule has 0 aromatic carbocycles. The first-order chi connectivity index (χ1) is 6.52. The topological polar surface area (TPSA) is 50.4 Å². The molecular formula is C10H20N2O2. The minimum absolute atomic E-state index is 0.0537. The quantitative estimate of drug-likeness (QED) is 0.678. The molecule has 2 atom stereocenters. The van der Waals surface area contributed by atoms with Crippen LogP contribution >= 0.6 is 0 Å². The monoisotopic (exact) mass is 200 g/mol. The van der Waals surface area contributed by atoms with E-state index in [2.05, 4.69) is 24.5 Å². The van der Waals surface area contributed by atoms with E-state index < -0.39 is 0 Å². The number of amides is 1. The molecule has 0 aromatic heterocycles. The van der Waals surface area contributed by atoms with Crippen molar-refractivity contribution in [2.75, 3.05) is 20.7 Å². The van der Waals surface area contributed by atoms with Gasteiger partial charge in [-0.25, -0.2) is 0 Å². The molecule has 0 aromatic rings. The summed E-state index contributed by atoms with van der Waals surface area (Å²) in [5, 5.41) is 5.82. The van der Waals surface area contributed by atoms with Gasteiger partial charge < -0.3 is 15.4 Å². The van der Waals surface area contributed by atoms with Crippen LogP contribution in [0, 0.1) is 5.41 Å². The van der Waals surface area contributed by atoms with Crippen LogP contribution in [0.3, 0.4) is 0 Å². The van der Waals surface area contributed by atoms with Crippen LogP contribution in [-0.4, -0.2) is 38.8 Å².